The predicted octanol–water partition coefficient (Wildman–Crippen LogP) is 3.05. The Kier molecular flexibility index (Phi) is 5.04. The van der Waals surface area contributed by atoms with Crippen LogP contribution in [0.15, 0.2) is 10.2 Å². The van der Waals surface area contributed by atoms with Gasteiger partial charge >= 0.3 is 67.3 Å². The first-order chi connectivity index (χ1) is 4.06. The second-order valence-corrected chi connectivity index (χ2v) is 18.1. The molecule has 0 fully saturated rings. The van der Waals surface area contributed by atoms with Crippen LogP contribution < -0.4 is 0 Å². The average Bonchev–Trinajstić information content (AvgIpc) is 1.63. The fourth-order valence-electron chi connectivity index (χ4n) is 0.500. The van der Waals surface area contributed by atoms with Crippen molar-refractivity contribution in [1.29, 1.82) is 0 Å². The molecular formula is C7H15ClSn. The van der Waals surface area contributed by atoms with Crippen molar-refractivity contribution in [3.8, 4) is 0 Å². The van der Waals surface area contributed by atoms with Crippen LogP contribution in [0.3, 0.4) is 0 Å². The SMILES string of the molecule is [CH3][Sn]([CH3])([CH3])[CH]=CCCCl. The molecule has 0 aliphatic heterocycles. The molecule has 2 heteroatoms. The molecule has 0 saturated carbocycles. The molecule has 0 aromatic rings. The monoisotopic (exact) mass is 254 g/mol. The van der Waals surface area contributed by atoms with E-state index >= 15 is 0 Å². The van der Waals surface area contributed by atoms with Gasteiger partial charge in [0.2, 0.25) is 0 Å². The number of hydrogen-bond donors (Lipinski definition) is 0. The number of hydrogen-bond acceptors (Lipinski definition) is 0. The van der Waals surface area contributed by atoms with E-state index in [1.165, 1.54) is 0 Å². The van der Waals surface area contributed by atoms with Gasteiger partial charge in [-0.15, -0.1) is 0 Å². The molecule has 0 N–H and O–H groups in total. The Morgan fingerprint density at radius 3 is 2.22 bits per heavy atom. The fraction of sp³-hybridized carbons (Fsp3) is 0.714. The number of rotatable bonds is 3. The van der Waals surface area contributed by atoms with Gasteiger partial charge in [-0.05, 0) is 0 Å². The summed E-state index contributed by atoms with van der Waals surface area (Å²) in [5, 5.41) is 0. The van der Waals surface area contributed by atoms with Crippen LogP contribution >= 0.6 is 11.6 Å². The molecule has 0 spiro atoms. The molecular weight excluding hydrogens is 238 g/mol. The Labute approximate surface area is 67.2 Å². The molecule has 0 nitrogen and oxygen atoms in total. The van der Waals surface area contributed by atoms with Crippen molar-refractivity contribution in [3.05, 3.63) is 10.2 Å². The maximum atomic E-state index is 5.50. The maximum absolute atomic E-state index is 5.50. The summed E-state index contributed by atoms with van der Waals surface area (Å²) in [6.07, 6.45) is 3.26. The third-order valence-electron chi connectivity index (χ3n) is 0.894. The summed E-state index contributed by atoms with van der Waals surface area (Å²) in [5.41, 5.74) is 0. The molecule has 0 rings (SSSR count). The number of halogens is 1. The van der Waals surface area contributed by atoms with Crippen molar-refractivity contribution in [3.63, 3.8) is 0 Å². The van der Waals surface area contributed by atoms with Crippen molar-refractivity contribution < 1.29 is 0 Å². The van der Waals surface area contributed by atoms with Crippen LogP contribution in [-0.2, 0) is 0 Å². The molecule has 9 heavy (non-hydrogen) atoms. The first-order valence-corrected chi connectivity index (χ1v) is 14.0. The van der Waals surface area contributed by atoms with E-state index in [0.29, 0.717) is 0 Å². The van der Waals surface area contributed by atoms with Gasteiger partial charge in [-0.3, -0.25) is 0 Å². The van der Waals surface area contributed by atoms with Crippen LogP contribution in [0, 0.1) is 0 Å². The van der Waals surface area contributed by atoms with Crippen molar-refractivity contribution >= 4 is 30.0 Å². The van der Waals surface area contributed by atoms with Gasteiger partial charge in [-0.2, -0.15) is 0 Å². The third-order valence-corrected chi connectivity index (χ3v) is 4.64. The summed E-state index contributed by atoms with van der Waals surface area (Å²) in [6, 6.07) is 0. The second kappa shape index (κ2) is 4.61. The molecule has 0 aromatic carbocycles. The van der Waals surface area contributed by atoms with Crippen LogP contribution in [0.5, 0.6) is 0 Å². The van der Waals surface area contributed by atoms with Crippen molar-refractivity contribution in [2.75, 3.05) is 5.88 Å². The fourth-order valence-corrected chi connectivity index (χ4v) is 3.12. The van der Waals surface area contributed by atoms with Gasteiger partial charge in [0.1, 0.15) is 0 Å². The summed E-state index contributed by atoms with van der Waals surface area (Å²) in [4.78, 5) is 7.16. The van der Waals surface area contributed by atoms with E-state index in [0.717, 1.165) is 12.3 Å². The second-order valence-electron chi connectivity index (χ2n) is 3.25. The molecule has 0 heterocycles. The normalized spacial score (nSPS) is 12.9. The average molecular weight is 253 g/mol. The van der Waals surface area contributed by atoms with E-state index in [4.69, 9.17) is 11.6 Å². The minimum absolute atomic E-state index is 0.762. The first kappa shape index (κ1) is 9.83. The van der Waals surface area contributed by atoms with Gasteiger partial charge in [0.15, 0.2) is 0 Å². The third kappa shape index (κ3) is 8.83. The van der Waals surface area contributed by atoms with Gasteiger partial charge in [-0.25, -0.2) is 0 Å². The molecule has 0 saturated heterocycles. The van der Waals surface area contributed by atoms with Gasteiger partial charge in [-0.1, -0.05) is 0 Å². The van der Waals surface area contributed by atoms with Crippen molar-refractivity contribution in [2.45, 2.75) is 21.2 Å². The molecule has 0 aromatic heterocycles. The van der Waals surface area contributed by atoms with E-state index < -0.39 is 18.4 Å². The summed E-state index contributed by atoms with van der Waals surface area (Å²) in [6.45, 7) is 0. The molecule has 0 atom stereocenters. The molecule has 54 valence electrons. The van der Waals surface area contributed by atoms with Crippen molar-refractivity contribution in [2.24, 2.45) is 0 Å². The zero-order valence-corrected chi connectivity index (χ0v) is 10.1. The van der Waals surface area contributed by atoms with E-state index in [1.807, 2.05) is 0 Å². The molecule has 0 radical (unpaired) electrons. The van der Waals surface area contributed by atoms with Gasteiger partial charge < -0.3 is 0 Å². The molecule has 0 bridgehead atoms. The van der Waals surface area contributed by atoms with Crippen LogP contribution in [0.4, 0.5) is 0 Å². The Morgan fingerprint density at radius 1 is 1.33 bits per heavy atom. The Bertz CT molecular complexity index is 91.6. The summed E-state index contributed by atoms with van der Waals surface area (Å²) in [5.74, 6) is 0.762. The quantitative estimate of drug-likeness (QED) is 0.536. The number of allylic oxidation sites excluding steroid dienone is 1. The summed E-state index contributed by atoms with van der Waals surface area (Å²) >= 11 is 3.93. The van der Waals surface area contributed by atoms with Gasteiger partial charge in [0.25, 0.3) is 0 Å². The molecule has 0 amide bonds. The van der Waals surface area contributed by atoms with E-state index in [-0.39, 0.29) is 0 Å². The summed E-state index contributed by atoms with van der Waals surface area (Å²) in [7, 11) is 0. The van der Waals surface area contributed by atoms with E-state index in [9.17, 15) is 0 Å². The molecule has 0 unspecified atom stereocenters. The topological polar surface area (TPSA) is 0 Å². The van der Waals surface area contributed by atoms with Crippen LogP contribution in [0.1, 0.15) is 6.42 Å². The Balaban J connectivity index is 3.45. The Morgan fingerprint density at radius 2 is 1.89 bits per heavy atom. The zero-order valence-electron chi connectivity index (χ0n) is 6.45. The molecule has 0 aliphatic carbocycles. The van der Waals surface area contributed by atoms with Crippen molar-refractivity contribution in [1.82, 2.24) is 0 Å². The zero-order chi connectivity index (χ0) is 7.33. The van der Waals surface area contributed by atoms with Crippen LogP contribution in [0.2, 0.25) is 14.8 Å². The predicted molar refractivity (Wildman–Crippen MR) is 47.8 cm³/mol. The van der Waals surface area contributed by atoms with Gasteiger partial charge in [0, 0.05) is 0 Å². The van der Waals surface area contributed by atoms with Crippen LogP contribution in [-0.4, -0.2) is 24.3 Å². The summed E-state index contributed by atoms with van der Waals surface area (Å²) < 4.78 is 2.40. The standard InChI is InChI=1S/C4H6Cl.3CH3.Sn/c1-2-3-4-5;;;;/h1-2H,3-4H2;3*1H3;. The van der Waals surface area contributed by atoms with E-state index in [2.05, 4.69) is 25.0 Å². The Hall–Kier alpha value is 0.829. The minimum atomic E-state index is -1.57. The van der Waals surface area contributed by atoms with E-state index in [1.54, 1.807) is 0 Å². The first-order valence-electron chi connectivity index (χ1n) is 3.30. The van der Waals surface area contributed by atoms with Crippen LogP contribution in [0.25, 0.3) is 0 Å². The van der Waals surface area contributed by atoms with Gasteiger partial charge in [0.05, 0.1) is 0 Å². The molecule has 0 aliphatic rings. The number of alkyl halides is 1.